The first-order valence-corrected chi connectivity index (χ1v) is 10.0. The summed E-state index contributed by atoms with van der Waals surface area (Å²) in [5.74, 6) is 1.18. The highest BCUT2D eigenvalue weighted by Gasteiger charge is 2.26. The molecular weight excluding hydrogens is 369 g/mol. The van der Waals surface area contributed by atoms with Crippen molar-refractivity contribution >= 4 is 28.9 Å². The zero-order valence-corrected chi connectivity index (χ0v) is 16.2. The number of benzene rings is 1. The number of rotatable bonds is 4. The summed E-state index contributed by atoms with van der Waals surface area (Å²) in [5.41, 5.74) is 1.15. The molecule has 2 aliphatic rings. The quantitative estimate of drug-likeness (QED) is 0.711. The summed E-state index contributed by atoms with van der Waals surface area (Å²) in [7, 11) is 0. The molecule has 6 heteroatoms. The highest BCUT2D eigenvalue weighted by molar-refractivity contribution is 6.42. The Morgan fingerprint density at radius 1 is 0.923 bits per heavy atom. The molecule has 1 aromatic heterocycles. The van der Waals surface area contributed by atoms with Gasteiger partial charge in [0.15, 0.2) is 0 Å². The lowest BCUT2D eigenvalue weighted by Crippen LogP contribution is -2.42. The molecule has 1 saturated heterocycles. The van der Waals surface area contributed by atoms with E-state index in [1.807, 2.05) is 12.3 Å². The fourth-order valence-corrected chi connectivity index (χ4v) is 3.88. The van der Waals surface area contributed by atoms with Crippen LogP contribution in [0, 0.1) is 0 Å². The SMILES string of the molecule is Clc1ccc(Oc2ccc(N3CCCN(C4CCC4)CC3)cn2)cc1Cl. The molecular formula is C20H23Cl2N3O. The average molecular weight is 392 g/mol. The third-order valence-corrected chi connectivity index (χ3v) is 6.06. The molecule has 1 aromatic carbocycles. The van der Waals surface area contributed by atoms with E-state index in [0.717, 1.165) is 31.4 Å². The normalized spacial score (nSPS) is 19.1. The molecule has 0 unspecified atom stereocenters. The first-order valence-electron chi connectivity index (χ1n) is 9.27. The summed E-state index contributed by atoms with van der Waals surface area (Å²) in [6, 6.07) is 10.0. The fraction of sp³-hybridized carbons (Fsp3) is 0.450. The van der Waals surface area contributed by atoms with Crippen molar-refractivity contribution in [1.29, 1.82) is 0 Å². The van der Waals surface area contributed by atoms with Gasteiger partial charge in [-0.25, -0.2) is 4.98 Å². The van der Waals surface area contributed by atoms with Gasteiger partial charge >= 0.3 is 0 Å². The van der Waals surface area contributed by atoms with Crippen LogP contribution in [0.4, 0.5) is 5.69 Å². The van der Waals surface area contributed by atoms with Gasteiger partial charge < -0.3 is 9.64 Å². The predicted octanol–water partition coefficient (Wildman–Crippen LogP) is 5.25. The largest absolute Gasteiger partial charge is 0.439 e. The first kappa shape index (κ1) is 17.9. The van der Waals surface area contributed by atoms with Crippen molar-refractivity contribution in [2.24, 2.45) is 0 Å². The maximum atomic E-state index is 6.03. The van der Waals surface area contributed by atoms with E-state index in [1.54, 1.807) is 18.2 Å². The zero-order chi connectivity index (χ0) is 17.9. The lowest BCUT2D eigenvalue weighted by Gasteiger charge is -2.36. The maximum Gasteiger partial charge on any atom is 0.219 e. The van der Waals surface area contributed by atoms with Gasteiger partial charge in [-0.05, 0) is 37.5 Å². The number of hydrogen-bond acceptors (Lipinski definition) is 4. The Balaban J connectivity index is 1.38. The second-order valence-electron chi connectivity index (χ2n) is 6.99. The number of aromatic nitrogens is 1. The molecule has 0 spiro atoms. The Kier molecular flexibility index (Phi) is 5.53. The van der Waals surface area contributed by atoms with E-state index in [2.05, 4.69) is 20.9 Å². The molecule has 1 aliphatic carbocycles. The van der Waals surface area contributed by atoms with E-state index in [-0.39, 0.29) is 0 Å². The molecule has 2 heterocycles. The molecule has 0 bridgehead atoms. The Morgan fingerprint density at radius 2 is 1.81 bits per heavy atom. The third kappa shape index (κ3) is 4.08. The van der Waals surface area contributed by atoms with E-state index in [4.69, 9.17) is 27.9 Å². The number of halogens is 2. The van der Waals surface area contributed by atoms with Crippen LogP contribution >= 0.6 is 23.2 Å². The maximum absolute atomic E-state index is 6.03. The van der Waals surface area contributed by atoms with Crippen molar-refractivity contribution in [3.05, 3.63) is 46.6 Å². The molecule has 0 radical (unpaired) electrons. The van der Waals surface area contributed by atoms with Crippen LogP contribution in [-0.2, 0) is 0 Å². The minimum absolute atomic E-state index is 0.473. The summed E-state index contributed by atoms with van der Waals surface area (Å²) < 4.78 is 5.77. The Labute approximate surface area is 164 Å². The van der Waals surface area contributed by atoms with Gasteiger partial charge in [0.05, 0.1) is 21.9 Å². The number of pyridine rings is 1. The van der Waals surface area contributed by atoms with Crippen LogP contribution in [0.1, 0.15) is 25.7 Å². The molecule has 0 N–H and O–H groups in total. The van der Waals surface area contributed by atoms with E-state index in [0.29, 0.717) is 21.7 Å². The molecule has 26 heavy (non-hydrogen) atoms. The molecule has 1 aliphatic heterocycles. The lowest BCUT2D eigenvalue weighted by molar-refractivity contribution is 0.136. The molecule has 4 rings (SSSR count). The van der Waals surface area contributed by atoms with Crippen LogP contribution in [0.15, 0.2) is 36.5 Å². The molecule has 0 amide bonds. The van der Waals surface area contributed by atoms with Crippen molar-refractivity contribution in [3.8, 4) is 11.6 Å². The number of anilines is 1. The standard InChI is InChI=1S/C20H23Cl2N3O/c21-18-7-6-17(13-19(18)22)26-20-8-5-16(14-23-20)25-10-2-9-24(11-12-25)15-3-1-4-15/h5-8,13-15H,1-4,9-12H2. The van der Waals surface area contributed by atoms with Crippen molar-refractivity contribution < 1.29 is 4.74 Å². The van der Waals surface area contributed by atoms with Crippen LogP contribution in [0.3, 0.4) is 0 Å². The van der Waals surface area contributed by atoms with Crippen molar-refractivity contribution in [3.63, 3.8) is 0 Å². The van der Waals surface area contributed by atoms with E-state index in [1.165, 1.54) is 32.2 Å². The molecule has 0 atom stereocenters. The highest BCUT2D eigenvalue weighted by Crippen LogP contribution is 2.30. The fourth-order valence-electron chi connectivity index (χ4n) is 3.59. The first-order chi connectivity index (χ1) is 12.7. The van der Waals surface area contributed by atoms with Gasteiger partial charge in [0.2, 0.25) is 5.88 Å². The molecule has 1 saturated carbocycles. The topological polar surface area (TPSA) is 28.6 Å². The van der Waals surface area contributed by atoms with Crippen LogP contribution in [-0.4, -0.2) is 42.1 Å². The predicted molar refractivity (Wildman–Crippen MR) is 107 cm³/mol. The van der Waals surface area contributed by atoms with Crippen molar-refractivity contribution in [1.82, 2.24) is 9.88 Å². The van der Waals surface area contributed by atoms with Crippen LogP contribution in [0.5, 0.6) is 11.6 Å². The number of ether oxygens (including phenoxy) is 1. The summed E-state index contributed by atoms with van der Waals surface area (Å²) in [6.07, 6.45) is 7.25. The average Bonchev–Trinajstić information content (AvgIpc) is 2.84. The van der Waals surface area contributed by atoms with Gasteiger partial charge in [-0.3, -0.25) is 4.90 Å². The van der Waals surface area contributed by atoms with E-state index < -0.39 is 0 Å². The van der Waals surface area contributed by atoms with Gasteiger partial charge in [-0.15, -0.1) is 0 Å². The summed E-state index contributed by atoms with van der Waals surface area (Å²) in [5, 5.41) is 0.987. The summed E-state index contributed by atoms with van der Waals surface area (Å²) in [6.45, 7) is 4.50. The van der Waals surface area contributed by atoms with E-state index in [9.17, 15) is 0 Å². The Morgan fingerprint density at radius 3 is 2.50 bits per heavy atom. The van der Waals surface area contributed by atoms with Gasteiger partial charge in [0, 0.05) is 44.4 Å². The minimum atomic E-state index is 0.473. The van der Waals surface area contributed by atoms with Gasteiger partial charge in [0.1, 0.15) is 5.75 Å². The highest BCUT2D eigenvalue weighted by atomic mass is 35.5. The Hall–Kier alpha value is -1.49. The molecule has 2 aromatic rings. The smallest absolute Gasteiger partial charge is 0.219 e. The van der Waals surface area contributed by atoms with Crippen molar-refractivity contribution in [2.45, 2.75) is 31.7 Å². The second-order valence-corrected chi connectivity index (χ2v) is 7.81. The van der Waals surface area contributed by atoms with Gasteiger partial charge in [0.25, 0.3) is 0 Å². The van der Waals surface area contributed by atoms with E-state index >= 15 is 0 Å². The van der Waals surface area contributed by atoms with Crippen LogP contribution in [0.25, 0.3) is 0 Å². The minimum Gasteiger partial charge on any atom is -0.439 e. The monoisotopic (exact) mass is 391 g/mol. The summed E-state index contributed by atoms with van der Waals surface area (Å²) >= 11 is 12.0. The lowest BCUT2D eigenvalue weighted by atomic mass is 9.91. The van der Waals surface area contributed by atoms with Gasteiger partial charge in [-0.2, -0.15) is 0 Å². The summed E-state index contributed by atoms with van der Waals surface area (Å²) in [4.78, 5) is 9.55. The molecule has 2 fully saturated rings. The zero-order valence-electron chi connectivity index (χ0n) is 14.7. The van der Waals surface area contributed by atoms with Gasteiger partial charge in [-0.1, -0.05) is 29.6 Å². The van der Waals surface area contributed by atoms with Crippen LogP contribution in [0.2, 0.25) is 10.0 Å². The third-order valence-electron chi connectivity index (χ3n) is 5.32. The molecule has 138 valence electrons. The number of hydrogen-bond donors (Lipinski definition) is 0. The Bertz CT molecular complexity index is 749. The number of nitrogens with zero attached hydrogens (tertiary/aromatic N) is 3. The molecule has 4 nitrogen and oxygen atoms in total. The second kappa shape index (κ2) is 8.03. The van der Waals surface area contributed by atoms with Crippen molar-refractivity contribution in [2.75, 3.05) is 31.1 Å². The van der Waals surface area contributed by atoms with Crippen LogP contribution < -0.4 is 9.64 Å².